The molecule has 0 amide bonds. The van der Waals surface area contributed by atoms with Crippen molar-refractivity contribution in [2.45, 2.75) is 26.2 Å². The third kappa shape index (κ3) is 2.73. The first-order chi connectivity index (χ1) is 6.65. The highest BCUT2D eigenvalue weighted by molar-refractivity contribution is 6.41. The summed E-state index contributed by atoms with van der Waals surface area (Å²) in [4.78, 5) is 22.0. The quantitative estimate of drug-likeness (QED) is 0.523. The number of carbonyl (C=O) groups is 2. The lowest BCUT2D eigenvalue weighted by molar-refractivity contribution is -0.142. The summed E-state index contributed by atoms with van der Waals surface area (Å²) in [6.07, 6.45) is 1.53. The van der Waals surface area contributed by atoms with Gasteiger partial charge in [0.1, 0.15) is 5.76 Å². The molecule has 0 N–H and O–H groups in total. The van der Waals surface area contributed by atoms with Gasteiger partial charge in [0.15, 0.2) is 5.03 Å². The Labute approximate surface area is 86.8 Å². The van der Waals surface area contributed by atoms with Gasteiger partial charge in [-0.1, -0.05) is 11.6 Å². The van der Waals surface area contributed by atoms with Gasteiger partial charge in [-0.2, -0.15) is 0 Å². The largest absolute Gasteiger partial charge is 0.462 e. The molecule has 1 fully saturated rings. The Bertz CT molecular complexity index is 283. The van der Waals surface area contributed by atoms with Crippen LogP contribution in [0, 0.1) is 0 Å². The molecule has 0 atom stereocenters. The molecule has 0 aromatic carbocycles. The van der Waals surface area contributed by atoms with Crippen LogP contribution >= 0.6 is 11.6 Å². The predicted octanol–water partition coefficient (Wildman–Crippen LogP) is 1.73. The summed E-state index contributed by atoms with van der Waals surface area (Å²) in [6.45, 7) is 1.93. The number of halogens is 1. The Morgan fingerprint density at radius 2 is 2.29 bits per heavy atom. The average molecular weight is 219 g/mol. The van der Waals surface area contributed by atoms with E-state index in [0.29, 0.717) is 19.3 Å². The minimum atomic E-state index is -0.640. The third-order valence-corrected chi connectivity index (χ3v) is 2.09. The molecule has 1 heterocycles. The fourth-order valence-corrected chi connectivity index (χ4v) is 1.28. The van der Waals surface area contributed by atoms with Crippen LogP contribution in [0.25, 0.3) is 0 Å². The molecule has 1 rings (SSSR count). The lowest BCUT2D eigenvalue weighted by Crippen LogP contribution is -2.15. The van der Waals surface area contributed by atoms with Gasteiger partial charge in [-0.15, -0.1) is 0 Å². The van der Waals surface area contributed by atoms with Crippen LogP contribution in [0.2, 0.25) is 0 Å². The van der Waals surface area contributed by atoms with Gasteiger partial charge in [-0.25, -0.2) is 4.79 Å². The number of rotatable bonds is 2. The van der Waals surface area contributed by atoms with Crippen LogP contribution in [-0.2, 0) is 19.1 Å². The van der Waals surface area contributed by atoms with Crippen molar-refractivity contribution in [1.82, 2.24) is 0 Å². The van der Waals surface area contributed by atoms with E-state index in [-0.39, 0.29) is 23.4 Å². The minimum Gasteiger partial charge on any atom is -0.462 e. The maximum absolute atomic E-state index is 11.1. The number of ether oxygens (including phenoxy) is 2. The first-order valence-corrected chi connectivity index (χ1v) is 4.79. The van der Waals surface area contributed by atoms with E-state index >= 15 is 0 Å². The Kier molecular flexibility index (Phi) is 3.95. The summed E-state index contributed by atoms with van der Waals surface area (Å²) in [5.41, 5.74) is 0. The van der Waals surface area contributed by atoms with E-state index < -0.39 is 5.97 Å². The van der Waals surface area contributed by atoms with Crippen LogP contribution in [0.4, 0.5) is 0 Å². The Morgan fingerprint density at radius 3 is 2.86 bits per heavy atom. The monoisotopic (exact) mass is 218 g/mol. The first-order valence-electron chi connectivity index (χ1n) is 4.41. The van der Waals surface area contributed by atoms with Gasteiger partial charge in [0.05, 0.1) is 6.61 Å². The third-order valence-electron chi connectivity index (χ3n) is 1.72. The lowest BCUT2D eigenvalue weighted by Gasteiger charge is -2.14. The van der Waals surface area contributed by atoms with Crippen molar-refractivity contribution < 1.29 is 19.1 Å². The van der Waals surface area contributed by atoms with E-state index in [4.69, 9.17) is 16.3 Å². The van der Waals surface area contributed by atoms with Crippen LogP contribution in [0.5, 0.6) is 0 Å². The van der Waals surface area contributed by atoms with Crippen molar-refractivity contribution >= 4 is 23.5 Å². The molecule has 0 saturated carbocycles. The summed E-state index contributed by atoms with van der Waals surface area (Å²) in [6, 6.07) is 0. The molecule has 0 radical (unpaired) electrons. The van der Waals surface area contributed by atoms with E-state index in [1.807, 2.05) is 0 Å². The van der Waals surface area contributed by atoms with Gasteiger partial charge >= 0.3 is 11.9 Å². The predicted molar refractivity (Wildman–Crippen MR) is 49.5 cm³/mol. The molecular weight excluding hydrogens is 208 g/mol. The van der Waals surface area contributed by atoms with Gasteiger partial charge in [-0.3, -0.25) is 4.79 Å². The first kappa shape index (κ1) is 11.0. The maximum atomic E-state index is 11.1. The van der Waals surface area contributed by atoms with Crippen molar-refractivity contribution in [1.29, 1.82) is 0 Å². The zero-order valence-electron chi connectivity index (χ0n) is 7.84. The maximum Gasteiger partial charge on any atom is 0.353 e. The average Bonchev–Trinajstić information content (AvgIpc) is 2.17. The number of hydrogen-bond donors (Lipinski definition) is 0. The fourth-order valence-electron chi connectivity index (χ4n) is 1.10. The van der Waals surface area contributed by atoms with Crippen molar-refractivity contribution in [2.24, 2.45) is 0 Å². The second kappa shape index (κ2) is 5.00. The van der Waals surface area contributed by atoms with Gasteiger partial charge in [0.25, 0.3) is 0 Å². The van der Waals surface area contributed by atoms with Gasteiger partial charge in [0.2, 0.25) is 0 Å². The molecule has 0 aliphatic carbocycles. The minimum absolute atomic E-state index is 0.125. The number of allylic oxidation sites excluding steroid dienone is 1. The van der Waals surface area contributed by atoms with Gasteiger partial charge in [0, 0.05) is 12.8 Å². The van der Waals surface area contributed by atoms with Crippen LogP contribution in [-0.4, -0.2) is 18.5 Å². The SMILES string of the molecule is CCOC(=O)/C(Cl)=C1\CCCC(=O)O1. The molecule has 14 heavy (non-hydrogen) atoms. The normalized spacial score (nSPS) is 20.0. The Hall–Kier alpha value is -1.03. The molecule has 1 aliphatic rings. The summed E-state index contributed by atoms with van der Waals surface area (Å²) >= 11 is 5.68. The molecule has 1 aliphatic heterocycles. The molecule has 0 aromatic heterocycles. The molecule has 5 heteroatoms. The van der Waals surface area contributed by atoms with E-state index in [1.165, 1.54) is 0 Å². The zero-order chi connectivity index (χ0) is 10.6. The molecule has 0 spiro atoms. The molecule has 0 bridgehead atoms. The topological polar surface area (TPSA) is 52.6 Å². The lowest BCUT2D eigenvalue weighted by atomic mass is 10.1. The van der Waals surface area contributed by atoms with E-state index in [1.54, 1.807) is 6.92 Å². The molecular formula is C9H11ClO4. The summed E-state index contributed by atoms with van der Waals surface area (Å²) in [5.74, 6) is -0.770. The van der Waals surface area contributed by atoms with Crippen LogP contribution in [0.1, 0.15) is 26.2 Å². The zero-order valence-corrected chi connectivity index (χ0v) is 8.60. The second-order valence-corrected chi connectivity index (χ2v) is 3.16. The van der Waals surface area contributed by atoms with Gasteiger partial charge in [-0.05, 0) is 13.3 Å². The summed E-state index contributed by atoms with van der Waals surface area (Å²) < 4.78 is 9.50. The summed E-state index contributed by atoms with van der Waals surface area (Å²) in [5, 5.41) is -0.125. The van der Waals surface area contributed by atoms with Crippen molar-refractivity contribution in [3.8, 4) is 0 Å². The van der Waals surface area contributed by atoms with Crippen molar-refractivity contribution in [3.05, 3.63) is 10.8 Å². The van der Waals surface area contributed by atoms with E-state index in [2.05, 4.69) is 4.74 Å². The number of carbonyl (C=O) groups excluding carboxylic acids is 2. The van der Waals surface area contributed by atoms with Crippen LogP contribution < -0.4 is 0 Å². The highest BCUT2D eigenvalue weighted by atomic mass is 35.5. The van der Waals surface area contributed by atoms with Crippen molar-refractivity contribution in [3.63, 3.8) is 0 Å². The molecule has 0 aromatic rings. The number of hydrogen-bond acceptors (Lipinski definition) is 4. The van der Waals surface area contributed by atoms with Crippen LogP contribution in [0.3, 0.4) is 0 Å². The molecule has 1 saturated heterocycles. The smallest absolute Gasteiger partial charge is 0.353 e. The molecule has 0 unspecified atom stereocenters. The van der Waals surface area contributed by atoms with Gasteiger partial charge < -0.3 is 9.47 Å². The van der Waals surface area contributed by atoms with Crippen molar-refractivity contribution in [2.75, 3.05) is 6.61 Å². The Morgan fingerprint density at radius 1 is 1.57 bits per heavy atom. The van der Waals surface area contributed by atoms with E-state index in [0.717, 1.165) is 0 Å². The second-order valence-electron chi connectivity index (χ2n) is 2.79. The highest BCUT2D eigenvalue weighted by Gasteiger charge is 2.22. The standard InChI is InChI=1S/C9H11ClO4/c1-2-13-9(12)8(10)6-4-3-5-7(11)14-6/h2-5H2,1H3/b8-6-. The Balaban J connectivity index is 2.71. The molecule has 78 valence electrons. The van der Waals surface area contributed by atoms with Crippen LogP contribution in [0.15, 0.2) is 10.8 Å². The summed E-state index contributed by atoms with van der Waals surface area (Å²) in [7, 11) is 0. The number of cyclic esters (lactones) is 1. The van der Waals surface area contributed by atoms with E-state index in [9.17, 15) is 9.59 Å². The number of esters is 2. The molecule has 4 nitrogen and oxygen atoms in total. The highest BCUT2D eigenvalue weighted by Crippen LogP contribution is 2.23. The fraction of sp³-hybridized carbons (Fsp3) is 0.556.